The third-order valence-corrected chi connectivity index (χ3v) is 2.95. The van der Waals surface area contributed by atoms with Crippen LogP contribution in [0.5, 0.6) is 0 Å². The molecule has 0 aliphatic carbocycles. The molecule has 0 saturated carbocycles. The third kappa shape index (κ3) is 3.12. The molecule has 1 atom stereocenters. The Morgan fingerprint density at radius 1 is 1.15 bits per heavy atom. The molecule has 2 rings (SSSR count). The van der Waals surface area contributed by atoms with Gasteiger partial charge in [-0.05, 0) is 37.3 Å². The van der Waals surface area contributed by atoms with Crippen LogP contribution in [0.1, 0.15) is 28.9 Å². The van der Waals surface area contributed by atoms with Gasteiger partial charge in [-0.3, -0.25) is 4.79 Å². The van der Waals surface area contributed by atoms with E-state index in [0.717, 1.165) is 12.1 Å². The van der Waals surface area contributed by atoms with Crippen LogP contribution in [0.25, 0.3) is 0 Å². The molecule has 0 fully saturated rings. The zero-order chi connectivity index (χ0) is 14.7. The lowest BCUT2D eigenvalue weighted by Gasteiger charge is -2.15. The third-order valence-electron chi connectivity index (χ3n) is 2.95. The van der Waals surface area contributed by atoms with Crippen molar-refractivity contribution < 1.29 is 13.6 Å². The number of amides is 1. The van der Waals surface area contributed by atoms with Crippen LogP contribution >= 0.6 is 0 Å². The molecule has 0 aromatic heterocycles. The summed E-state index contributed by atoms with van der Waals surface area (Å²) in [5.41, 5.74) is 6.75. The molecular formula is C15H14F2N2O. The first-order valence-corrected chi connectivity index (χ1v) is 6.08. The summed E-state index contributed by atoms with van der Waals surface area (Å²) < 4.78 is 26.4. The number of carbonyl (C=O) groups excluding carboxylic acids is 1. The van der Waals surface area contributed by atoms with Crippen molar-refractivity contribution in [2.75, 3.05) is 5.73 Å². The highest BCUT2D eigenvalue weighted by Crippen LogP contribution is 2.18. The summed E-state index contributed by atoms with van der Waals surface area (Å²) >= 11 is 0. The fraction of sp³-hybridized carbons (Fsp3) is 0.133. The predicted octanol–water partition coefficient (Wildman–Crippen LogP) is 3.04. The van der Waals surface area contributed by atoms with Gasteiger partial charge in [-0.25, -0.2) is 8.78 Å². The van der Waals surface area contributed by atoms with Crippen LogP contribution in [-0.4, -0.2) is 5.91 Å². The Labute approximate surface area is 115 Å². The molecule has 1 unspecified atom stereocenters. The second kappa shape index (κ2) is 5.69. The summed E-state index contributed by atoms with van der Waals surface area (Å²) in [6, 6.07) is 9.08. The van der Waals surface area contributed by atoms with Gasteiger partial charge in [0.1, 0.15) is 11.6 Å². The minimum Gasteiger partial charge on any atom is -0.399 e. The van der Waals surface area contributed by atoms with E-state index in [0.29, 0.717) is 11.3 Å². The fourth-order valence-corrected chi connectivity index (χ4v) is 1.84. The van der Waals surface area contributed by atoms with E-state index < -0.39 is 17.7 Å². The number of halogens is 2. The van der Waals surface area contributed by atoms with Gasteiger partial charge < -0.3 is 11.1 Å². The monoisotopic (exact) mass is 276 g/mol. The highest BCUT2D eigenvalue weighted by atomic mass is 19.1. The number of nitrogens with two attached hydrogens (primary N) is 1. The van der Waals surface area contributed by atoms with Crippen molar-refractivity contribution in [3.05, 3.63) is 65.2 Å². The van der Waals surface area contributed by atoms with Gasteiger partial charge in [0, 0.05) is 22.9 Å². The van der Waals surface area contributed by atoms with Crippen molar-refractivity contribution in [3.63, 3.8) is 0 Å². The number of nitrogen functional groups attached to an aromatic ring is 1. The molecule has 0 saturated heterocycles. The minimum absolute atomic E-state index is 0.232. The number of benzene rings is 2. The number of carbonyl (C=O) groups is 1. The lowest BCUT2D eigenvalue weighted by Crippen LogP contribution is -2.27. The molecule has 0 aliphatic rings. The van der Waals surface area contributed by atoms with Gasteiger partial charge >= 0.3 is 0 Å². The second-order valence-electron chi connectivity index (χ2n) is 4.48. The Kier molecular flexibility index (Phi) is 3.98. The highest BCUT2D eigenvalue weighted by Gasteiger charge is 2.15. The molecule has 104 valence electrons. The van der Waals surface area contributed by atoms with E-state index in [1.807, 2.05) is 0 Å². The smallest absolute Gasteiger partial charge is 0.251 e. The van der Waals surface area contributed by atoms with Gasteiger partial charge in [-0.2, -0.15) is 0 Å². The molecule has 1 amide bonds. The van der Waals surface area contributed by atoms with Crippen molar-refractivity contribution in [2.24, 2.45) is 0 Å². The average Bonchev–Trinajstić information content (AvgIpc) is 2.39. The predicted molar refractivity (Wildman–Crippen MR) is 73.1 cm³/mol. The lowest BCUT2D eigenvalue weighted by molar-refractivity contribution is 0.0939. The van der Waals surface area contributed by atoms with Gasteiger partial charge in [-0.15, -0.1) is 0 Å². The summed E-state index contributed by atoms with van der Waals surface area (Å²) in [6.07, 6.45) is 0. The quantitative estimate of drug-likeness (QED) is 0.847. The van der Waals surface area contributed by atoms with Crippen LogP contribution in [0.2, 0.25) is 0 Å². The van der Waals surface area contributed by atoms with Crippen LogP contribution in [0.4, 0.5) is 14.5 Å². The number of anilines is 1. The standard InChI is InChI=1S/C15H14F2N2O/c1-9(13-7-4-11(16)8-14(13)17)19-15(20)10-2-5-12(18)6-3-10/h2-9H,18H2,1H3,(H,19,20). The zero-order valence-corrected chi connectivity index (χ0v) is 10.9. The van der Waals surface area contributed by atoms with E-state index >= 15 is 0 Å². The van der Waals surface area contributed by atoms with E-state index in [1.165, 1.54) is 6.07 Å². The fourth-order valence-electron chi connectivity index (χ4n) is 1.84. The first kappa shape index (κ1) is 14.0. The Bertz CT molecular complexity index is 626. The SMILES string of the molecule is CC(NC(=O)c1ccc(N)cc1)c1ccc(F)cc1F. The largest absolute Gasteiger partial charge is 0.399 e. The van der Waals surface area contributed by atoms with Crippen molar-refractivity contribution in [1.29, 1.82) is 0 Å². The summed E-state index contributed by atoms with van der Waals surface area (Å²) in [5, 5.41) is 2.65. The topological polar surface area (TPSA) is 55.1 Å². The molecule has 2 aromatic rings. The first-order chi connectivity index (χ1) is 9.47. The van der Waals surface area contributed by atoms with E-state index in [9.17, 15) is 13.6 Å². The molecule has 20 heavy (non-hydrogen) atoms. The zero-order valence-electron chi connectivity index (χ0n) is 10.9. The molecule has 0 aliphatic heterocycles. The Morgan fingerprint density at radius 2 is 1.80 bits per heavy atom. The Hall–Kier alpha value is -2.43. The minimum atomic E-state index is -0.685. The molecule has 0 heterocycles. The summed E-state index contributed by atoms with van der Waals surface area (Å²) in [7, 11) is 0. The van der Waals surface area contributed by atoms with Gasteiger partial charge in [-0.1, -0.05) is 6.07 Å². The van der Waals surface area contributed by atoms with Gasteiger partial charge in [0.2, 0.25) is 0 Å². The average molecular weight is 276 g/mol. The van der Waals surface area contributed by atoms with Crippen LogP contribution < -0.4 is 11.1 Å². The van der Waals surface area contributed by atoms with Crippen LogP contribution in [0.15, 0.2) is 42.5 Å². The van der Waals surface area contributed by atoms with Gasteiger partial charge in [0.25, 0.3) is 5.91 Å². The van der Waals surface area contributed by atoms with Crippen LogP contribution in [-0.2, 0) is 0 Å². The Morgan fingerprint density at radius 3 is 2.40 bits per heavy atom. The van der Waals surface area contributed by atoms with E-state index in [-0.39, 0.29) is 11.5 Å². The molecule has 2 aromatic carbocycles. The van der Waals surface area contributed by atoms with Crippen molar-refractivity contribution in [2.45, 2.75) is 13.0 Å². The number of hydrogen-bond donors (Lipinski definition) is 2. The lowest BCUT2D eigenvalue weighted by atomic mass is 10.1. The Balaban J connectivity index is 2.12. The molecule has 0 bridgehead atoms. The highest BCUT2D eigenvalue weighted by molar-refractivity contribution is 5.94. The van der Waals surface area contributed by atoms with E-state index in [1.54, 1.807) is 31.2 Å². The molecule has 0 spiro atoms. The summed E-state index contributed by atoms with van der Waals surface area (Å²) in [4.78, 5) is 12.0. The molecule has 5 heteroatoms. The molecule has 3 nitrogen and oxygen atoms in total. The van der Waals surface area contributed by atoms with Gasteiger partial charge in [0.05, 0.1) is 6.04 Å². The molecular weight excluding hydrogens is 262 g/mol. The second-order valence-corrected chi connectivity index (χ2v) is 4.48. The normalized spacial score (nSPS) is 11.9. The maximum absolute atomic E-state index is 13.6. The summed E-state index contributed by atoms with van der Waals surface area (Å²) in [5.74, 6) is -1.68. The molecule has 3 N–H and O–H groups in total. The van der Waals surface area contributed by atoms with Gasteiger partial charge in [0.15, 0.2) is 0 Å². The van der Waals surface area contributed by atoms with E-state index in [4.69, 9.17) is 5.73 Å². The number of rotatable bonds is 3. The maximum Gasteiger partial charge on any atom is 0.251 e. The van der Waals surface area contributed by atoms with Crippen LogP contribution in [0, 0.1) is 11.6 Å². The van der Waals surface area contributed by atoms with E-state index in [2.05, 4.69) is 5.32 Å². The first-order valence-electron chi connectivity index (χ1n) is 6.08. The number of nitrogens with one attached hydrogen (secondary N) is 1. The van der Waals surface area contributed by atoms with Crippen molar-refractivity contribution in [3.8, 4) is 0 Å². The maximum atomic E-state index is 13.6. The summed E-state index contributed by atoms with van der Waals surface area (Å²) in [6.45, 7) is 1.63. The van der Waals surface area contributed by atoms with Crippen LogP contribution in [0.3, 0.4) is 0 Å². The molecule has 0 radical (unpaired) electrons. The van der Waals surface area contributed by atoms with Crippen molar-refractivity contribution >= 4 is 11.6 Å². The van der Waals surface area contributed by atoms with Crippen molar-refractivity contribution in [1.82, 2.24) is 5.32 Å². The number of hydrogen-bond acceptors (Lipinski definition) is 2.